The van der Waals surface area contributed by atoms with E-state index >= 15 is 0 Å². The van der Waals surface area contributed by atoms with Crippen molar-refractivity contribution in [3.63, 3.8) is 0 Å². The smallest absolute Gasteiger partial charge is 0.0595 e. The Balaban J connectivity index is 2.13. The Hall–Kier alpha value is -0.280. The number of hydrogen-bond acceptors (Lipinski definition) is 2. The van der Waals surface area contributed by atoms with Gasteiger partial charge in [0.2, 0.25) is 0 Å². The summed E-state index contributed by atoms with van der Waals surface area (Å²) in [5, 5.41) is 4.75. The van der Waals surface area contributed by atoms with Crippen LogP contribution in [0.3, 0.4) is 0 Å². The Labute approximate surface area is 126 Å². The summed E-state index contributed by atoms with van der Waals surface area (Å²) in [7, 11) is 0. The van der Waals surface area contributed by atoms with E-state index in [-0.39, 0.29) is 5.41 Å². The highest BCUT2D eigenvalue weighted by Gasteiger charge is 2.32. The quantitative estimate of drug-likeness (QED) is 0.893. The molecular weight excluding hydrogens is 279 g/mol. The number of nitrogens with one attached hydrogen (secondary N) is 1. The molecule has 1 fully saturated rings. The molecule has 2 rings (SSSR count). The lowest BCUT2D eigenvalue weighted by molar-refractivity contribution is 0.0689. The summed E-state index contributed by atoms with van der Waals surface area (Å²) in [6.45, 7) is 11.0. The largest absolute Gasteiger partial charge is 0.314 e. The van der Waals surface area contributed by atoms with Gasteiger partial charge in [0.05, 0.1) is 10.0 Å². The van der Waals surface area contributed by atoms with E-state index in [4.69, 9.17) is 23.2 Å². The van der Waals surface area contributed by atoms with Crippen molar-refractivity contribution in [2.75, 3.05) is 19.6 Å². The highest BCUT2D eigenvalue weighted by molar-refractivity contribution is 6.42. The van der Waals surface area contributed by atoms with Crippen molar-refractivity contribution in [2.45, 2.75) is 33.4 Å². The van der Waals surface area contributed by atoms with Crippen molar-refractivity contribution >= 4 is 23.2 Å². The normalized spacial score (nSPS) is 21.6. The second-order valence-electron chi connectivity index (χ2n) is 6.30. The van der Waals surface area contributed by atoms with Gasteiger partial charge in [-0.05, 0) is 23.1 Å². The molecule has 1 aliphatic heterocycles. The number of benzene rings is 1. The molecule has 0 aliphatic carbocycles. The lowest BCUT2D eigenvalue weighted by Gasteiger charge is -2.43. The van der Waals surface area contributed by atoms with Crippen LogP contribution in [0.4, 0.5) is 0 Å². The van der Waals surface area contributed by atoms with Crippen LogP contribution < -0.4 is 5.32 Å². The standard InChI is InChI=1S/C15H22Cl2N2/c1-15(2,3)14-9-18-6-7-19(14)10-11-4-5-12(16)13(17)8-11/h4-5,8,14,18H,6-7,9-10H2,1-3H3. The molecule has 1 atom stereocenters. The van der Waals surface area contributed by atoms with Crippen LogP contribution in [-0.4, -0.2) is 30.6 Å². The van der Waals surface area contributed by atoms with Crippen molar-refractivity contribution in [1.29, 1.82) is 0 Å². The van der Waals surface area contributed by atoms with Gasteiger partial charge in [0.1, 0.15) is 0 Å². The van der Waals surface area contributed by atoms with Crippen LogP contribution in [0.5, 0.6) is 0 Å². The van der Waals surface area contributed by atoms with E-state index < -0.39 is 0 Å². The maximum Gasteiger partial charge on any atom is 0.0595 e. The third kappa shape index (κ3) is 3.85. The van der Waals surface area contributed by atoms with Crippen LogP contribution in [0.1, 0.15) is 26.3 Å². The zero-order valence-corrected chi connectivity index (χ0v) is 13.4. The average Bonchev–Trinajstić information content (AvgIpc) is 2.33. The first-order chi connectivity index (χ1) is 8.88. The topological polar surface area (TPSA) is 15.3 Å². The van der Waals surface area contributed by atoms with Crippen LogP contribution >= 0.6 is 23.2 Å². The van der Waals surface area contributed by atoms with Crippen molar-refractivity contribution in [2.24, 2.45) is 5.41 Å². The minimum absolute atomic E-state index is 0.268. The Kier molecular flexibility index (Phi) is 4.78. The third-order valence-electron chi connectivity index (χ3n) is 3.72. The highest BCUT2D eigenvalue weighted by atomic mass is 35.5. The fourth-order valence-electron chi connectivity index (χ4n) is 2.66. The Morgan fingerprint density at radius 2 is 2.00 bits per heavy atom. The Morgan fingerprint density at radius 1 is 1.26 bits per heavy atom. The van der Waals surface area contributed by atoms with Crippen LogP contribution in [0.25, 0.3) is 0 Å². The summed E-state index contributed by atoms with van der Waals surface area (Å²) >= 11 is 12.1. The fraction of sp³-hybridized carbons (Fsp3) is 0.600. The SMILES string of the molecule is CC(C)(C)C1CNCCN1Cc1ccc(Cl)c(Cl)c1. The van der Waals surface area contributed by atoms with E-state index in [1.807, 2.05) is 12.1 Å². The second kappa shape index (κ2) is 6.01. The molecule has 0 spiro atoms. The molecule has 1 heterocycles. The summed E-state index contributed by atoms with van der Waals surface area (Å²) in [6, 6.07) is 6.46. The summed E-state index contributed by atoms with van der Waals surface area (Å²) in [5.74, 6) is 0. The molecule has 1 unspecified atom stereocenters. The zero-order valence-electron chi connectivity index (χ0n) is 11.8. The van der Waals surface area contributed by atoms with Crippen molar-refractivity contribution in [3.8, 4) is 0 Å². The van der Waals surface area contributed by atoms with Gasteiger partial charge in [0.15, 0.2) is 0 Å². The van der Waals surface area contributed by atoms with Gasteiger partial charge < -0.3 is 5.32 Å². The molecule has 4 heteroatoms. The summed E-state index contributed by atoms with van der Waals surface area (Å²) in [4.78, 5) is 2.54. The van der Waals surface area contributed by atoms with E-state index in [9.17, 15) is 0 Å². The van der Waals surface area contributed by atoms with E-state index in [2.05, 4.69) is 37.1 Å². The number of piperazine rings is 1. The van der Waals surface area contributed by atoms with Gasteiger partial charge in [-0.1, -0.05) is 50.0 Å². The molecule has 0 aromatic heterocycles. The third-order valence-corrected chi connectivity index (χ3v) is 4.46. The van der Waals surface area contributed by atoms with Crippen molar-refractivity contribution in [1.82, 2.24) is 10.2 Å². The average molecular weight is 301 g/mol. The van der Waals surface area contributed by atoms with E-state index in [1.165, 1.54) is 5.56 Å². The molecule has 0 saturated carbocycles. The van der Waals surface area contributed by atoms with Crippen LogP contribution in [0.15, 0.2) is 18.2 Å². The maximum absolute atomic E-state index is 6.10. The van der Waals surface area contributed by atoms with Gasteiger partial charge >= 0.3 is 0 Å². The lowest BCUT2D eigenvalue weighted by atomic mass is 9.84. The molecule has 1 aliphatic rings. The maximum atomic E-state index is 6.10. The molecule has 106 valence electrons. The Morgan fingerprint density at radius 3 is 2.63 bits per heavy atom. The Bertz CT molecular complexity index is 440. The molecule has 0 bridgehead atoms. The van der Waals surface area contributed by atoms with E-state index in [0.717, 1.165) is 26.2 Å². The highest BCUT2D eigenvalue weighted by Crippen LogP contribution is 2.28. The molecular formula is C15H22Cl2N2. The van der Waals surface area contributed by atoms with Crippen molar-refractivity contribution < 1.29 is 0 Å². The summed E-state index contributed by atoms with van der Waals surface area (Å²) in [5.41, 5.74) is 1.49. The van der Waals surface area contributed by atoms with Gasteiger partial charge in [0.25, 0.3) is 0 Å². The number of halogens is 2. The molecule has 0 amide bonds. The predicted octanol–water partition coefficient (Wildman–Crippen LogP) is 3.81. The van der Waals surface area contributed by atoms with Crippen LogP contribution in [0.2, 0.25) is 10.0 Å². The molecule has 1 aromatic carbocycles. The zero-order chi connectivity index (χ0) is 14.0. The molecule has 19 heavy (non-hydrogen) atoms. The summed E-state index contributed by atoms with van der Waals surface area (Å²) in [6.07, 6.45) is 0. The van der Waals surface area contributed by atoms with E-state index in [0.29, 0.717) is 16.1 Å². The van der Waals surface area contributed by atoms with Crippen molar-refractivity contribution in [3.05, 3.63) is 33.8 Å². The minimum atomic E-state index is 0.268. The van der Waals surface area contributed by atoms with Crippen LogP contribution in [-0.2, 0) is 6.54 Å². The molecule has 2 nitrogen and oxygen atoms in total. The van der Waals surface area contributed by atoms with E-state index in [1.54, 1.807) is 0 Å². The predicted molar refractivity (Wildman–Crippen MR) is 83.0 cm³/mol. The molecule has 1 aromatic rings. The summed E-state index contributed by atoms with van der Waals surface area (Å²) < 4.78 is 0. The van der Waals surface area contributed by atoms with Crippen LogP contribution in [0, 0.1) is 5.41 Å². The first-order valence-corrected chi connectivity index (χ1v) is 7.52. The fourth-order valence-corrected chi connectivity index (χ4v) is 2.98. The first-order valence-electron chi connectivity index (χ1n) is 6.76. The number of hydrogen-bond donors (Lipinski definition) is 1. The monoisotopic (exact) mass is 300 g/mol. The molecule has 1 saturated heterocycles. The van der Waals surface area contributed by atoms with Gasteiger partial charge in [-0.3, -0.25) is 4.90 Å². The minimum Gasteiger partial charge on any atom is -0.314 e. The number of rotatable bonds is 2. The lowest BCUT2D eigenvalue weighted by Crippen LogP contribution is -2.56. The first kappa shape index (κ1) is 15.1. The molecule has 0 radical (unpaired) electrons. The van der Waals surface area contributed by atoms with Gasteiger partial charge in [-0.15, -0.1) is 0 Å². The van der Waals surface area contributed by atoms with Gasteiger partial charge in [0, 0.05) is 32.2 Å². The molecule has 1 N–H and O–H groups in total. The second-order valence-corrected chi connectivity index (χ2v) is 7.12. The van der Waals surface area contributed by atoms with Gasteiger partial charge in [-0.25, -0.2) is 0 Å². The van der Waals surface area contributed by atoms with Gasteiger partial charge in [-0.2, -0.15) is 0 Å². The number of nitrogens with zero attached hydrogens (tertiary/aromatic N) is 1.